The van der Waals surface area contributed by atoms with Gasteiger partial charge in [-0.25, -0.2) is 4.98 Å². The van der Waals surface area contributed by atoms with Crippen LogP contribution in [-0.4, -0.2) is 41.5 Å². The van der Waals surface area contributed by atoms with Gasteiger partial charge in [0, 0.05) is 18.0 Å². The maximum absolute atomic E-state index is 13.0. The van der Waals surface area contributed by atoms with Crippen LogP contribution < -0.4 is 5.32 Å². The highest BCUT2D eigenvalue weighted by molar-refractivity contribution is 9.11. The molecule has 2 aromatic heterocycles. The van der Waals surface area contributed by atoms with Gasteiger partial charge in [0.15, 0.2) is 0 Å². The van der Waals surface area contributed by atoms with E-state index in [0.717, 1.165) is 44.8 Å². The van der Waals surface area contributed by atoms with E-state index in [2.05, 4.69) is 33.1 Å². The van der Waals surface area contributed by atoms with Gasteiger partial charge in [-0.15, -0.1) is 11.3 Å². The van der Waals surface area contributed by atoms with Gasteiger partial charge in [0.1, 0.15) is 0 Å². The maximum Gasteiger partial charge on any atom is 0.252 e. The predicted octanol–water partition coefficient (Wildman–Crippen LogP) is 4.94. The third kappa shape index (κ3) is 3.93. The van der Waals surface area contributed by atoms with Crippen molar-refractivity contribution < 1.29 is 4.79 Å². The van der Waals surface area contributed by atoms with Gasteiger partial charge in [-0.1, -0.05) is 25.1 Å². The number of thiophene rings is 1. The van der Waals surface area contributed by atoms with E-state index in [9.17, 15) is 4.79 Å². The van der Waals surface area contributed by atoms with Gasteiger partial charge in [0.05, 0.1) is 25.4 Å². The molecule has 1 saturated heterocycles. The van der Waals surface area contributed by atoms with Crippen molar-refractivity contribution in [2.24, 2.45) is 0 Å². The molecule has 1 aromatic carbocycles. The summed E-state index contributed by atoms with van der Waals surface area (Å²) in [5, 5.41) is 4.06. The predicted molar refractivity (Wildman–Crippen MR) is 115 cm³/mol. The Kier molecular flexibility index (Phi) is 5.57. The Morgan fingerprint density at radius 2 is 2.19 bits per heavy atom. The fourth-order valence-electron chi connectivity index (χ4n) is 3.79. The number of carbonyl (C=O) groups is 1. The zero-order valence-corrected chi connectivity index (χ0v) is 17.6. The van der Waals surface area contributed by atoms with Crippen LogP contribution in [0.1, 0.15) is 30.1 Å². The van der Waals surface area contributed by atoms with E-state index in [1.807, 2.05) is 42.5 Å². The first-order chi connectivity index (χ1) is 13.2. The topological polar surface area (TPSA) is 45.2 Å². The molecule has 0 radical (unpaired) electrons. The molecule has 4 nitrogen and oxygen atoms in total. The number of pyridine rings is 1. The SMILES string of the molecule is CCN1CCCC1CNC(=O)c1cc(-c2ccc(Br)s2)nc2ccccc12. The Labute approximate surface area is 171 Å². The van der Waals surface area contributed by atoms with Gasteiger partial charge >= 0.3 is 0 Å². The largest absolute Gasteiger partial charge is 0.350 e. The van der Waals surface area contributed by atoms with Crippen molar-refractivity contribution in [2.45, 2.75) is 25.8 Å². The molecule has 3 aromatic rings. The molecule has 0 bridgehead atoms. The van der Waals surface area contributed by atoms with Crippen LogP contribution in [0.3, 0.4) is 0 Å². The Morgan fingerprint density at radius 1 is 1.33 bits per heavy atom. The minimum Gasteiger partial charge on any atom is -0.350 e. The van der Waals surface area contributed by atoms with Crippen molar-refractivity contribution in [3.63, 3.8) is 0 Å². The van der Waals surface area contributed by atoms with Crippen molar-refractivity contribution in [1.29, 1.82) is 0 Å². The van der Waals surface area contributed by atoms with Crippen molar-refractivity contribution in [1.82, 2.24) is 15.2 Å². The van der Waals surface area contributed by atoms with E-state index in [4.69, 9.17) is 4.98 Å². The monoisotopic (exact) mass is 443 g/mol. The molecule has 1 unspecified atom stereocenters. The zero-order valence-electron chi connectivity index (χ0n) is 15.2. The van der Waals surface area contributed by atoms with Gasteiger partial charge in [0.25, 0.3) is 5.91 Å². The fourth-order valence-corrected chi connectivity index (χ4v) is 5.14. The molecule has 1 amide bonds. The average molecular weight is 444 g/mol. The number of likely N-dealkylation sites (N-methyl/N-ethyl adjacent to an activating group) is 1. The number of aromatic nitrogens is 1. The summed E-state index contributed by atoms with van der Waals surface area (Å²) >= 11 is 5.13. The number of hydrogen-bond acceptors (Lipinski definition) is 4. The number of nitrogens with zero attached hydrogens (tertiary/aromatic N) is 2. The third-order valence-electron chi connectivity index (χ3n) is 5.19. The fraction of sp³-hybridized carbons (Fsp3) is 0.333. The number of amides is 1. The van der Waals surface area contributed by atoms with E-state index < -0.39 is 0 Å². The summed E-state index contributed by atoms with van der Waals surface area (Å²) in [6.45, 7) is 5.05. The van der Waals surface area contributed by atoms with Crippen LogP contribution in [0.5, 0.6) is 0 Å². The maximum atomic E-state index is 13.0. The lowest BCUT2D eigenvalue weighted by Crippen LogP contribution is -2.40. The first kappa shape index (κ1) is 18.6. The van der Waals surface area contributed by atoms with Crippen LogP contribution in [0, 0.1) is 0 Å². The van der Waals surface area contributed by atoms with Crippen molar-refractivity contribution in [3.05, 3.63) is 51.8 Å². The Balaban J connectivity index is 1.64. The first-order valence-electron chi connectivity index (χ1n) is 9.33. The van der Waals surface area contributed by atoms with E-state index in [0.29, 0.717) is 18.2 Å². The smallest absolute Gasteiger partial charge is 0.252 e. The minimum absolute atomic E-state index is 0.0200. The summed E-state index contributed by atoms with van der Waals surface area (Å²) in [6, 6.07) is 14.3. The molecule has 27 heavy (non-hydrogen) atoms. The number of carbonyl (C=O) groups excluding carboxylic acids is 1. The van der Waals surface area contributed by atoms with Crippen molar-refractivity contribution >= 4 is 44.1 Å². The Morgan fingerprint density at radius 3 is 2.96 bits per heavy atom. The molecule has 0 saturated carbocycles. The zero-order chi connectivity index (χ0) is 18.8. The van der Waals surface area contributed by atoms with Crippen LogP contribution in [0.2, 0.25) is 0 Å². The van der Waals surface area contributed by atoms with Crippen LogP contribution in [-0.2, 0) is 0 Å². The van der Waals surface area contributed by atoms with E-state index in [-0.39, 0.29) is 5.91 Å². The third-order valence-corrected chi connectivity index (χ3v) is 6.84. The highest BCUT2D eigenvalue weighted by atomic mass is 79.9. The molecule has 0 aliphatic carbocycles. The summed E-state index contributed by atoms with van der Waals surface area (Å²) < 4.78 is 1.05. The molecule has 4 rings (SSSR count). The normalized spacial score (nSPS) is 17.5. The molecule has 0 spiro atoms. The molecular formula is C21H22BrN3OS. The summed E-state index contributed by atoms with van der Waals surface area (Å²) in [4.78, 5) is 21.3. The van der Waals surface area contributed by atoms with Crippen LogP contribution in [0.25, 0.3) is 21.5 Å². The second-order valence-electron chi connectivity index (χ2n) is 6.81. The molecule has 1 fully saturated rings. The second-order valence-corrected chi connectivity index (χ2v) is 9.27. The van der Waals surface area contributed by atoms with E-state index in [1.54, 1.807) is 11.3 Å². The van der Waals surface area contributed by atoms with Gasteiger partial charge in [-0.3, -0.25) is 9.69 Å². The van der Waals surface area contributed by atoms with Gasteiger partial charge < -0.3 is 5.32 Å². The highest BCUT2D eigenvalue weighted by Gasteiger charge is 2.24. The van der Waals surface area contributed by atoms with Gasteiger partial charge in [0.2, 0.25) is 0 Å². The summed E-state index contributed by atoms with van der Waals surface area (Å²) in [5.74, 6) is -0.0200. The molecule has 1 aliphatic heterocycles. The second kappa shape index (κ2) is 8.09. The molecule has 140 valence electrons. The molecule has 1 aliphatic rings. The number of fused-ring (bicyclic) bond motifs is 1. The lowest BCUT2D eigenvalue weighted by molar-refractivity contribution is 0.0943. The standard InChI is InChI=1S/C21H22BrN3OS/c1-2-25-11-5-6-14(25)13-23-21(26)16-12-18(19-9-10-20(22)27-19)24-17-8-4-3-7-15(16)17/h3-4,7-10,12,14H,2,5-6,11,13H2,1H3,(H,23,26). The Hall–Kier alpha value is -1.76. The lowest BCUT2D eigenvalue weighted by Gasteiger charge is -2.23. The number of benzene rings is 1. The number of hydrogen-bond donors (Lipinski definition) is 1. The lowest BCUT2D eigenvalue weighted by atomic mass is 10.1. The van der Waals surface area contributed by atoms with Gasteiger partial charge in [-0.2, -0.15) is 0 Å². The van der Waals surface area contributed by atoms with E-state index in [1.165, 1.54) is 6.42 Å². The molecule has 3 heterocycles. The number of rotatable bonds is 5. The van der Waals surface area contributed by atoms with Crippen LogP contribution in [0.15, 0.2) is 46.3 Å². The van der Waals surface area contributed by atoms with Gasteiger partial charge in [-0.05, 0) is 66.1 Å². The van der Waals surface area contributed by atoms with Crippen molar-refractivity contribution in [2.75, 3.05) is 19.6 Å². The summed E-state index contributed by atoms with van der Waals surface area (Å²) in [6.07, 6.45) is 2.36. The number of halogens is 1. The number of para-hydroxylation sites is 1. The number of nitrogens with one attached hydrogen (secondary N) is 1. The Bertz CT molecular complexity index is 971. The molecular weight excluding hydrogens is 422 g/mol. The molecule has 1 N–H and O–H groups in total. The molecule has 6 heteroatoms. The first-order valence-corrected chi connectivity index (χ1v) is 10.9. The quantitative estimate of drug-likeness (QED) is 0.607. The minimum atomic E-state index is -0.0200. The highest BCUT2D eigenvalue weighted by Crippen LogP contribution is 2.32. The van der Waals surface area contributed by atoms with Crippen LogP contribution >= 0.6 is 27.3 Å². The summed E-state index contributed by atoms with van der Waals surface area (Å²) in [7, 11) is 0. The van der Waals surface area contributed by atoms with Crippen molar-refractivity contribution in [3.8, 4) is 10.6 Å². The summed E-state index contributed by atoms with van der Waals surface area (Å²) in [5.41, 5.74) is 2.38. The average Bonchev–Trinajstić information content (AvgIpc) is 3.33. The number of likely N-dealkylation sites (tertiary alicyclic amines) is 1. The van der Waals surface area contributed by atoms with Crippen LogP contribution in [0.4, 0.5) is 0 Å². The van der Waals surface area contributed by atoms with E-state index >= 15 is 0 Å². The molecule has 1 atom stereocenters.